The number of amides is 2. The predicted octanol–water partition coefficient (Wildman–Crippen LogP) is 1.92. The van der Waals surface area contributed by atoms with Crippen LogP contribution in [0.5, 0.6) is 5.75 Å². The first kappa shape index (κ1) is 24.0. The second-order valence-corrected chi connectivity index (χ2v) is 8.68. The van der Waals surface area contributed by atoms with Gasteiger partial charge in [0.1, 0.15) is 12.4 Å². The van der Waals surface area contributed by atoms with E-state index in [-0.39, 0.29) is 18.4 Å². The lowest BCUT2D eigenvalue weighted by molar-refractivity contribution is -0.160. The molecule has 2 aliphatic heterocycles. The summed E-state index contributed by atoms with van der Waals surface area (Å²) in [6.07, 6.45) is 7.01. The van der Waals surface area contributed by atoms with Crippen LogP contribution in [0.2, 0.25) is 0 Å². The van der Waals surface area contributed by atoms with Crippen molar-refractivity contribution in [3.05, 3.63) is 53.9 Å². The molecule has 1 fully saturated rings. The van der Waals surface area contributed by atoms with Crippen LogP contribution in [0.3, 0.4) is 0 Å². The molecule has 2 N–H and O–H groups in total. The summed E-state index contributed by atoms with van der Waals surface area (Å²) in [5.74, 6) is 0.521. The molecule has 1 aromatic heterocycles. The fraction of sp³-hybridized carbons (Fsp3) is 0.480. The number of nitrogens with one attached hydrogen (secondary N) is 2. The van der Waals surface area contributed by atoms with Gasteiger partial charge in [0.2, 0.25) is 5.91 Å². The molecule has 4 rings (SSSR count). The van der Waals surface area contributed by atoms with E-state index in [9.17, 15) is 9.59 Å². The van der Waals surface area contributed by atoms with Crippen molar-refractivity contribution >= 4 is 17.5 Å². The summed E-state index contributed by atoms with van der Waals surface area (Å²) in [5, 5.41) is 10.3. The zero-order valence-corrected chi connectivity index (χ0v) is 19.9. The number of anilines is 1. The number of allylic oxidation sites excluding steroid dienone is 1. The molecule has 182 valence electrons. The Balaban J connectivity index is 1.43. The topological polar surface area (TPSA) is 97.7 Å². The Hall–Kier alpha value is -3.17. The van der Waals surface area contributed by atoms with Gasteiger partial charge in [-0.25, -0.2) is 0 Å². The first-order valence-corrected chi connectivity index (χ1v) is 11.8. The van der Waals surface area contributed by atoms with E-state index in [4.69, 9.17) is 9.47 Å². The molecule has 1 unspecified atom stereocenters. The largest absolute Gasteiger partial charge is 0.491 e. The maximum atomic E-state index is 13.2. The van der Waals surface area contributed by atoms with Crippen LogP contribution in [0.4, 0.5) is 5.69 Å². The van der Waals surface area contributed by atoms with Gasteiger partial charge in [0.25, 0.3) is 5.91 Å². The van der Waals surface area contributed by atoms with Crippen molar-refractivity contribution in [1.29, 1.82) is 0 Å². The van der Waals surface area contributed by atoms with Crippen LogP contribution < -0.4 is 15.4 Å². The van der Waals surface area contributed by atoms with Gasteiger partial charge < -0.3 is 20.1 Å². The summed E-state index contributed by atoms with van der Waals surface area (Å²) in [4.78, 5) is 27.9. The third kappa shape index (κ3) is 5.66. The van der Waals surface area contributed by atoms with Crippen molar-refractivity contribution in [3.8, 4) is 5.75 Å². The minimum absolute atomic E-state index is 0.134. The molecule has 1 aromatic carbocycles. The summed E-state index contributed by atoms with van der Waals surface area (Å²) >= 11 is 0. The van der Waals surface area contributed by atoms with E-state index in [1.165, 1.54) is 0 Å². The number of aryl methyl sites for hydroxylation is 2. The summed E-state index contributed by atoms with van der Waals surface area (Å²) in [7, 11) is 0. The number of carbonyl (C=O) groups is 2. The zero-order valence-electron chi connectivity index (χ0n) is 19.9. The van der Waals surface area contributed by atoms with E-state index in [2.05, 4.69) is 15.7 Å². The molecule has 3 heterocycles. The molecule has 2 aromatic rings. The second-order valence-electron chi connectivity index (χ2n) is 8.68. The lowest BCUT2D eigenvalue weighted by atomic mass is 9.94. The highest BCUT2D eigenvalue weighted by Gasteiger charge is 2.43. The Morgan fingerprint density at radius 3 is 2.94 bits per heavy atom. The Morgan fingerprint density at radius 1 is 1.26 bits per heavy atom. The van der Waals surface area contributed by atoms with E-state index in [1.54, 1.807) is 4.68 Å². The van der Waals surface area contributed by atoms with Crippen molar-refractivity contribution in [3.63, 3.8) is 0 Å². The third-order valence-corrected chi connectivity index (χ3v) is 6.16. The Labute approximate surface area is 200 Å². The maximum absolute atomic E-state index is 13.2. The Morgan fingerprint density at radius 2 is 2.12 bits per heavy atom. The van der Waals surface area contributed by atoms with Gasteiger partial charge in [-0.2, -0.15) is 5.10 Å². The second kappa shape index (κ2) is 10.8. The lowest BCUT2D eigenvalue weighted by Crippen LogP contribution is -2.60. The number of benzene rings is 1. The van der Waals surface area contributed by atoms with Gasteiger partial charge in [-0.1, -0.05) is 30.4 Å². The molecule has 34 heavy (non-hydrogen) atoms. The highest BCUT2D eigenvalue weighted by molar-refractivity contribution is 5.93. The zero-order chi connectivity index (χ0) is 24.0. The third-order valence-electron chi connectivity index (χ3n) is 6.16. The van der Waals surface area contributed by atoms with Crippen molar-refractivity contribution in [1.82, 2.24) is 20.0 Å². The molecule has 9 heteroatoms. The number of carbonyl (C=O) groups excluding carboxylic acids is 2. The number of morpholine rings is 1. The summed E-state index contributed by atoms with van der Waals surface area (Å²) in [6.45, 7) is 6.82. The van der Waals surface area contributed by atoms with Gasteiger partial charge in [0.15, 0.2) is 5.60 Å². The van der Waals surface area contributed by atoms with Crippen LogP contribution in [-0.2, 0) is 27.3 Å². The number of hydrogen-bond acceptors (Lipinski definition) is 6. The molecule has 9 nitrogen and oxygen atoms in total. The van der Waals surface area contributed by atoms with Crippen LogP contribution in [0.25, 0.3) is 0 Å². The van der Waals surface area contributed by atoms with Crippen molar-refractivity contribution in [2.45, 2.75) is 38.8 Å². The van der Waals surface area contributed by atoms with E-state index >= 15 is 0 Å². The van der Waals surface area contributed by atoms with Gasteiger partial charge in [0, 0.05) is 32.3 Å². The van der Waals surface area contributed by atoms with Gasteiger partial charge >= 0.3 is 0 Å². The summed E-state index contributed by atoms with van der Waals surface area (Å²) < 4.78 is 13.7. The lowest BCUT2D eigenvalue weighted by Gasteiger charge is -2.41. The van der Waals surface area contributed by atoms with Crippen LogP contribution in [0.15, 0.2) is 42.6 Å². The fourth-order valence-electron chi connectivity index (χ4n) is 4.32. The highest BCUT2D eigenvalue weighted by Crippen LogP contribution is 2.25. The van der Waals surface area contributed by atoms with Gasteiger partial charge in [0.05, 0.1) is 31.1 Å². The average Bonchev–Trinajstić information content (AvgIpc) is 3.18. The van der Waals surface area contributed by atoms with Crippen LogP contribution >= 0.6 is 0 Å². The minimum Gasteiger partial charge on any atom is -0.491 e. The van der Waals surface area contributed by atoms with Crippen molar-refractivity contribution < 1.29 is 19.1 Å². The molecular formula is C25H33N5O4. The molecule has 2 aliphatic rings. The standard InChI is InChI=1S/C25H33N5O4/c1-3-30-16-21(19(2)28-30)27-23(31)17-29-13-15-34-25(18-29)11-7-6-9-20-8-4-5-10-22(20)33-14-12-26-24(25)32/h4-8,10,16H,3,9,11-15,17-18H2,1-2H3,(H,26,32)(H,27,31)/b7-6+. The van der Waals surface area contributed by atoms with Gasteiger partial charge in [-0.15, -0.1) is 0 Å². The number of rotatable bonds is 4. The molecule has 0 bridgehead atoms. The van der Waals surface area contributed by atoms with E-state index in [0.717, 1.165) is 23.6 Å². The van der Waals surface area contributed by atoms with E-state index in [0.29, 0.717) is 51.4 Å². The number of hydrogen-bond donors (Lipinski definition) is 2. The van der Waals surface area contributed by atoms with Crippen LogP contribution in [-0.4, -0.2) is 71.5 Å². The van der Waals surface area contributed by atoms with Crippen LogP contribution in [0, 0.1) is 6.92 Å². The maximum Gasteiger partial charge on any atom is 0.254 e. The van der Waals surface area contributed by atoms with Crippen LogP contribution in [0.1, 0.15) is 24.6 Å². The SMILES string of the molecule is CCn1cc(NC(=O)CN2CCOC3(C/C=C/Cc4ccccc4OCCNC3=O)C2)c(C)n1. The Bertz CT molecular complexity index is 1050. The highest BCUT2D eigenvalue weighted by atomic mass is 16.5. The monoisotopic (exact) mass is 467 g/mol. The first-order chi connectivity index (χ1) is 16.5. The summed E-state index contributed by atoms with van der Waals surface area (Å²) in [5.41, 5.74) is 1.55. The molecule has 0 aliphatic carbocycles. The quantitative estimate of drug-likeness (QED) is 0.667. The van der Waals surface area contributed by atoms with Gasteiger partial charge in [-0.05, 0) is 31.9 Å². The van der Waals surface area contributed by atoms with E-state index < -0.39 is 5.60 Å². The average molecular weight is 468 g/mol. The predicted molar refractivity (Wildman–Crippen MR) is 129 cm³/mol. The first-order valence-electron chi connectivity index (χ1n) is 11.8. The molecule has 2 amide bonds. The number of para-hydroxylation sites is 1. The van der Waals surface area contributed by atoms with Gasteiger partial charge in [-0.3, -0.25) is 19.2 Å². The summed E-state index contributed by atoms with van der Waals surface area (Å²) in [6, 6.07) is 7.93. The number of aromatic nitrogens is 2. The smallest absolute Gasteiger partial charge is 0.254 e. The van der Waals surface area contributed by atoms with Crippen molar-refractivity contribution in [2.24, 2.45) is 0 Å². The Kier molecular flexibility index (Phi) is 7.64. The minimum atomic E-state index is -1.04. The molecular weight excluding hydrogens is 434 g/mol. The normalized spacial score (nSPS) is 22.6. The van der Waals surface area contributed by atoms with Crippen molar-refractivity contribution in [2.75, 3.05) is 44.7 Å². The van der Waals surface area contributed by atoms with E-state index in [1.807, 2.05) is 61.4 Å². The molecule has 1 spiro atoms. The number of fused-ring (bicyclic) bond motifs is 1. The number of nitrogens with zero attached hydrogens (tertiary/aromatic N) is 3. The fourth-order valence-corrected chi connectivity index (χ4v) is 4.32. The molecule has 0 saturated carbocycles. The molecule has 1 saturated heterocycles. The molecule has 0 radical (unpaired) electrons. The molecule has 1 atom stereocenters. The number of ether oxygens (including phenoxy) is 2.